The minimum Gasteiger partial charge on any atom is -0.504 e. The number of nitrogens with zero attached hydrogens (tertiary/aromatic N) is 2. The standard InChI is InChI=1S/C40H41N3O8/c1-23-15-17-25(18-16-23)41-43-37(48)30-22-29-26(19-20-27-33(29)38(49)42(36(27)47)21-8-4-7-14-32(44)45)34(28-12-9-13-31(51-2)35(28)46)40(30,39(43)50)24-10-5-3-6-11-24/h3,5-6,9-13,15-19,27,29-30,33-34,41,46H,4,7-8,14,20-22H2,1-2H3,(H,44,45)/t27-,29+,30-,33-,34+,40+/m0/s1. The van der Waals surface area contributed by atoms with E-state index in [1.165, 1.54) is 12.0 Å². The predicted octanol–water partition coefficient (Wildman–Crippen LogP) is 5.34. The molecule has 3 N–H and O–H groups in total. The molecule has 3 aromatic rings. The Balaban J connectivity index is 1.35. The third-order valence-electron chi connectivity index (χ3n) is 11.3. The second kappa shape index (κ2) is 13.4. The van der Waals surface area contributed by atoms with Crippen molar-refractivity contribution in [3.05, 3.63) is 101 Å². The Hall–Kier alpha value is -5.45. The Bertz CT molecular complexity index is 1930. The number of unbranched alkanes of at least 4 members (excludes halogenated alkanes) is 2. The summed E-state index contributed by atoms with van der Waals surface area (Å²) in [6.45, 7) is 2.13. The minimum absolute atomic E-state index is 0.0219. The van der Waals surface area contributed by atoms with Gasteiger partial charge in [0.2, 0.25) is 11.8 Å². The molecule has 1 saturated carbocycles. The monoisotopic (exact) mass is 691 g/mol. The highest BCUT2D eigenvalue weighted by molar-refractivity contribution is 6.13. The summed E-state index contributed by atoms with van der Waals surface area (Å²) in [6, 6.07) is 21.6. The van der Waals surface area contributed by atoms with Crippen LogP contribution in [0.4, 0.5) is 5.69 Å². The number of aliphatic carboxylic acids is 1. The van der Waals surface area contributed by atoms with E-state index in [0.29, 0.717) is 36.1 Å². The molecule has 264 valence electrons. The van der Waals surface area contributed by atoms with Gasteiger partial charge in [0.1, 0.15) is 0 Å². The van der Waals surface area contributed by atoms with Crippen LogP contribution >= 0.6 is 0 Å². The first-order valence-corrected chi connectivity index (χ1v) is 17.5. The van der Waals surface area contributed by atoms with E-state index in [2.05, 4.69) is 5.43 Å². The van der Waals surface area contributed by atoms with Crippen LogP contribution in [0.2, 0.25) is 0 Å². The molecular formula is C40H41N3O8. The molecule has 4 amide bonds. The summed E-state index contributed by atoms with van der Waals surface area (Å²) < 4.78 is 5.52. The summed E-state index contributed by atoms with van der Waals surface area (Å²) in [5.41, 5.74) is 4.87. The van der Waals surface area contributed by atoms with Gasteiger partial charge in [0.25, 0.3) is 11.8 Å². The molecule has 11 heteroatoms. The lowest BCUT2D eigenvalue weighted by Crippen LogP contribution is -2.53. The predicted molar refractivity (Wildman–Crippen MR) is 186 cm³/mol. The molecule has 2 heterocycles. The van der Waals surface area contributed by atoms with Crippen molar-refractivity contribution < 1.29 is 38.9 Å². The van der Waals surface area contributed by atoms with E-state index in [9.17, 15) is 24.3 Å². The van der Waals surface area contributed by atoms with Crippen molar-refractivity contribution in [2.24, 2.45) is 23.7 Å². The second-order valence-corrected chi connectivity index (χ2v) is 14.0. The van der Waals surface area contributed by atoms with E-state index in [1.807, 2.05) is 55.5 Å². The number of likely N-dealkylation sites (tertiary alicyclic amines) is 1. The van der Waals surface area contributed by atoms with Gasteiger partial charge in [-0.15, -0.1) is 0 Å². The number of aromatic hydroxyl groups is 1. The van der Waals surface area contributed by atoms with Crippen LogP contribution in [0.5, 0.6) is 11.5 Å². The number of phenols is 1. The molecule has 0 bridgehead atoms. The van der Waals surface area contributed by atoms with Gasteiger partial charge >= 0.3 is 5.97 Å². The van der Waals surface area contributed by atoms with Crippen LogP contribution in [0.3, 0.4) is 0 Å². The molecule has 0 spiro atoms. The number of carbonyl (C=O) groups is 5. The molecule has 3 aromatic carbocycles. The number of methoxy groups -OCH3 is 1. The first-order chi connectivity index (χ1) is 24.6. The Morgan fingerprint density at radius 3 is 2.35 bits per heavy atom. The maximum atomic E-state index is 15.2. The average Bonchev–Trinajstić information content (AvgIpc) is 3.50. The summed E-state index contributed by atoms with van der Waals surface area (Å²) >= 11 is 0. The average molecular weight is 692 g/mol. The molecule has 51 heavy (non-hydrogen) atoms. The summed E-state index contributed by atoms with van der Waals surface area (Å²) in [4.78, 5) is 70.3. The van der Waals surface area contributed by atoms with Crippen molar-refractivity contribution in [2.75, 3.05) is 19.1 Å². The fourth-order valence-electron chi connectivity index (χ4n) is 9.04. The number of carboxylic acids is 1. The highest BCUT2D eigenvalue weighted by atomic mass is 16.5. The number of fused-ring (bicyclic) bond motifs is 4. The van der Waals surface area contributed by atoms with Gasteiger partial charge in [0, 0.05) is 24.4 Å². The number of aryl methyl sites for hydroxylation is 1. The Labute approximate surface area is 295 Å². The number of anilines is 1. The number of carbonyl (C=O) groups excluding carboxylic acids is 4. The van der Waals surface area contributed by atoms with E-state index < -0.39 is 52.8 Å². The van der Waals surface area contributed by atoms with Crippen molar-refractivity contribution in [2.45, 2.75) is 56.8 Å². The van der Waals surface area contributed by atoms with Gasteiger partial charge in [-0.2, -0.15) is 5.01 Å². The molecule has 6 atom stereocenters. The molecule has 11 nitrogen and oxygen atoms in total. The topological polar surface area (TPSA) is 154 Å². The molecule has 0 unspecified atom stereocenters. The largest absolute Gasteiger partial charge is 0.504 e. The number of benzene rings is 3. The first-order valence-electron chi connectivity index (χ1n) is 17.5. The maximum Gasteiger partial charge on any atom is 0.303 e. The number of rotatable bonds is 11. The van der Waals surface area contributed by atoms with Gasteiger partial charge in [0.05, 0.1) is 36.0 Å². The molecule has 2 aliphatic heterocycles. The molecule has 2 aliphatic carbocycles. The maximum absolute atomic E-state index is 15.2. The zero-order valence-corrected chi connectivity index (χ0v) is 28.6. The molecule has 0 aromatic heterocycles. The number of para-hydroxylation sites is 1. The Morgan fingerprint density at radius 2 is 1.65 bits per heavy atom. The van der Waals surface area contributed by atoms with Gasteiger partial charge < -0.3 is 14.9 Å². The van der Waals surface area contributed by atoms with E-state index in [1.54, 1.807) is 30.3 Å². The van der Waals surface area contributed by atoms with Crippen LogP contribution in [0, 0.1) is 30.6 Å². The van der Waals surface area contributed by atoms with Crippen molar-refractivity contribution in [1.29, 1.82) is 0 Å². The smallest absolute Gasteiger partial charge is 0.303 e. The SMILES string of the molecule is COc1cccc([C@H]2C3=CC[C@@H]4C(=O)N(CCCCCC(=O)O)C(=O)[C@@H]4[C@@H]3C[C@H]3C(=O)N(Nc4ccc(C)cc4)C(=O)[C@@]23c2ccccc2)c1O. The third-order valence-corrected chi connectivity index (χ3v) is 11.3. The number of hydrogen-bond donors (Lipinski definition) is 3. The van der Waals surface area contributed by atoms with Crippen LogP contribution in [0.1, 0.15) is 61.1 Å². The Morgan fingerprint density at radius 1 is 0.902 bits per heavy atom. The quantitative estimate of drug-likeness (QED) is 0.137. The molecule has 3 fully saturated rings. The first kappa shape index (κ1) is 34.0. The molecule has 0 radical (unpaired) electrons. The fourth-order valence-corrected chi connectivity index (χ4v) is 9.04. The van der Waals surface area contributed by atoms with Crippen molar-refractivity contribution in [3.63, 3.8) is 0 Å². The van der Waals surface area contributed by atoms with Gasteiger partial charge in [-0.1, -0.05) is 78.2 Å². The molecule has 4 aliphatic rings. The minimum atomic E-state index is -1.51. The number of nitrogens with one attached hydrogen (secondary N) is 1. The number of allylic oxidation sites excluding steroid dienone is 2. The lowest BCUT2D eigenvalue weighted by Gasteiger charge is -2.50. The van der Waals surface area contributed by atoms with Crippen molar-refractivity contribution in [3.8, 4) is 11.5 Å². The van der Waals surface area contributed by atoms with Crippen molar-refractivity contribution in [1.82, 2.24) is 9.91 Å². The normalized spacial score (nSPS) is 26.8. The number of hydrogen-bond acceptors (Lipinski definition) is 8. The molecule has 2 saturated heterocycles. The van der Waals surface area contributed by atoms with E-state index in [-0.39, 0.29) is 49.1 Å². The second-order valence-electron chi connectivity index (χ2n) is 14.0. The zero-order chi connectivity index (χ0) is 36.0. The zero-order valence-electron chi connectivity index (χ0n) is 28.6. The third kappa shape index (κ3) is 5.46. The van der Waals surface area contributed by atoms with Crippen LogP contribution in [-0.2, 0) is 29.4 Å². The fraction of sp³-hybridized carbons (Fsp3) is 0.375. The van der Waals surface area contributed by atoms with Gasteiger partial charge in [-0.05, 0) is 62.3 Å². The molecule has 7 rings (SSSR count). The van der Waals surface area contributed by atoms with Gasteiger partial charge in [0.15, 0.2) is 11.5 Å². The number of imide groups is 2. The van der Waals surface area contributed by atoms with E-state index in [0.717, 1.165) is 16.1 Å². The lowest BCUT2D eigenvalue weighted by atomic mass is 9.49. The van der Waals surface area contributed by atoms with Crippen LogP contribution in [-0.4, -0.2) is 63.4 Å². The van der Waals surface area contributed by atoms with Crippen molar-refractivity contribution >= 4 is 35.3 Å². The highest BCUT2D eigenvalue weighted by Gasteiger charge is 2.70. The van der Waals surface area contributed by atoms with Gasteiger partial charge in [-0.25, -0.2) is 0 Å². The number of ether oxygens (including phenoxy) is 1. The summed E-state index contributed by atoms with van der Waals surface area (Å²) in [5.74, 6) is -6.12. The van der Waals surface area contributed by atoms with Gasteiger partial charge in [-0.3, -0.25) is 34.3 Å². The van der Waals surface area contributed by atoms with Crippen LogP contribution in [0.25, 0.3) is 0 Å². The summed E-state index contributed by atoms with van der Waals surface area (Å²) in [7, 11) is 1.44. The number of phenolic OH excluding ortho intramolecular Hbond substituents is 1. The summed E-state index contributed by atoms with van der Waals surface area (Å²) in [6.07, 6.45) is 3.88. The van der Waals surface area contributed by atoms with Crippen LogP contribution in [0.15, 0.2) is 84.4 Å². The van der Waals surface area contributed by atoms with Crippen LogP contribution < -0.4 is 10.2 Å². The molecular weight excluding hydrogens is 650 g/mol. The number of hydrazine groups is 1. The lowest BCUT2D eigenvalue weighted by molar-refractivity contribution is -0.141. The van der Waals surface area contributed by atoms with E-state index in [4.69, 9.17) is 9.84 Å². The number of amides is 4. The summed E-state index contributed by atoms with van der Waals surface area (Å²) in [5, 5.41) is 21.8. The highest BCUT2D eigenvalue weighted by Crippen LogP contribution is 2.65. The Kier molecular flexibility index (Phi) is 8.91. The van der Waals surface area contributed by atoms with E-state index >= 15 is 4.79 Å². The number of carboxylic acid groups (broad SMARTS) is 1.